The molecule has 0 aliphatic heterocycles. The molecule has 2 heterocycles. The fraction of sp³-hybridized carbons (Fsp3) is 0.231. The SMILES string of the molecule is Cc1ccc(F)c(-n2nnn(C)c2=O)c1COc1ccn[nH]1. The van der Waals surface area contributed by atoms with Crippen molar-refractivity contribution in [2.24, 2.45) is 7.05 Å². The molecule has 0 bridgehead atoms. The predicted octanol–water partition coefficient (Wildman–Crippen LogP) is 0.716. The van der Waals surface area contributed by atoms with Gasteiger partial charge in [0.2, 0.25) is 5.88 Å². The predicted molar refractivity (Wildman–Crippen MR) is 74.2 cm³/mol. The lowest BCUT2D eigenvalue weighted by Gasteiger charge is -2.12. The van der Waals surface area contributed by atoms with Crippen LogP contribution in [0, 0.1) is 12.7 Å². The summed E-state index contributed by atoms with van der Waals surface area (Å²) in [4.78, 5) is 12.0. The number of benzene rings is 1. The highest BCUT2D eigenvalue weighted by atomic mass is 19.1. The highest BCUT2D eigenvalue weighted by Crippen LogP contribution is 2.22. The number of H-pyrrole nitrogens is 1. The summed E-state index contributed by atoms with van der Waals surface area (Å²) in [5, 5.41) is 13.7. The average molecular weight is 304 g/mol. The van der Waals surface area contributed by atoms with Gasteiger partial charge in [0.05, 0.1) is 6.20 Å². The van der Waals surface area contributed by atoms with Crippen molar-refractivity contribution in [1.82, 2.24) is 30.0 Å². The van der Waals surface area contributed by atoms with E-state index in [1.54, 1.807) is 25.3 Å². The Hall–Kier alpha value is -2.97. The third-order valence-electron chi connectivity index (χ3n) is 3.25. The standard InChI is InChI=1S/C13H13FN6O2/c1-8-3-4-10(14)12(20-13(21)19(2)17-18-20)9(8)7-22-11-5-6-15-16-11/h3-6H,7H2,1-2H3,(H,15,16). The van der Waals surface area contributed by atoms with Crippen LogP contribution in [0.5, 0.6) is 5.88 Å². The van der Waals surface area contributed by atoms with Gasteiger partial charge in [-0.3, -0.25) is 0 Å². The van der Waals surface area contributed by atoms with Crippen LogP contribution in [-0.2, 0) is 13.7 Å². The Balaban J connectivity index is 2.07. The quantitative estimate of drug-likeness (QED) is 0.767. The van der Waals surface area contributed by atoms with E-state index in [1.165, 1.54) is 13.1 Å². The van der Waals surface area contributed by atoms with E-state index in [1.807, 2.05) is 0 Å². The van der Waals surface area contributed by atoms with E-state index in [0.29, 0.717) is 11.4 Å². The number of aryl methyl sites for hydroxylation is 2. The van der Waals surface area contributed by atoms with Gasteiger partial charge in [-0.15, -0.1) is 0 Å². The molecule has 0 amide bonds. The molecule has 1 N–H and O–H groups in total. The first kappa shape index (κ1) is 14.0. The molecular formula is C13H13FN6O2. The number of rotatable bonds is 4. The molecule has 0 spiro atoms. The van der Waals surface area contributed by atoms with Crippen LogP contribution >= 0.6 is 0 Å². The lowest BCUT2D eigenvalue weighted by atomic mass is 10.1. The second-order valence-corrected chi connectivity index (χ2v) is 4.70. The van der Waals surface area contributed by atoms with Gasteiger partial charge < -0.3 is 4.74 Å². The fourth-order valence-corrected chi connectivity index (χ4v) is 2.05. The zero-order chi connectivity index (χ0) is 15.7. The number of nitrogens with one attached hydrogen (secondary N) is 1. The highest BCUT2D eigenvalue weighted by Gasteiger charge is 2.18. The maximum atomic E-state index is 14.3. The van der Waals surface area contributed by atoms with E-state index in [9.17, 15) is 9.18 Å². The van der Waals surface area contributed by atoms with Crippen LogP contribution in [0.3, 0.4) is 0 Å². The first-order chi connectivity index (χ1) is 10.6. The van der Waals surface area contributed by atoms with Crippen molar-refractivity contribution >= 4 is 0 Å². The van der Waals surface area contributed by atoms with E-state index in [2.05, 4.69) is 20.6 Å². The average Bonchev–Trinajstić information content (AvgIpc) is 3.12. The number of hydrogen-bond donors (Lipinski definition) is 1. The lowest BCUT2D eigenvalue weighted by Crippen LogP contribution is -2.24. The summed E-state index contributed by atoms with van der Waals surface area (Å²) in [6.07, 6.45) is 1.54. The molecule has 0 radical (unpaired) electrons. The van der Waals surface area contributed by atoms with Crippen molar-refractivity contribution in [2.75, 3.05) is 0 Å². The van der Waals surface area contributed by atoms with Gasteiger partial charge >= 0.3 is 5.69 Å². The smallest absolute Gasteiger partial charge is 0.368 e. The summed E-state index contributed by atoms with van der Waals surface area (Å²) in [6, 6.07) is 4.54. The molecule has 22 heavy (non-hydrogen) atoms. The van der Waals surface area contributed by atoms with Crippen LogP contribution in [-0.4, -0.2) is 30.0 Å². The summed E-state index contributed by atoms with van der Waals surface area (Å²) < 4.78 is 21.7. The number of halogens is 1. The van der Waals surface area contributed by atoms with Crippen LogP contribution in [0.2, 0.25) is 0 Å². The van der Waals surface area contributed by atoms with Crippen molar-refractivity contribution in [3.63, 3.8) is 0 Å². The van der Waals surface area contributed by atoms with Crippen molar-refractivity contribution < 1.29 is 9.13 Å². The second-order valence-electron chi connectivity index (χ2n) is 4.70. The summed E-state index contributed by atoms with van der Waals surface area (Å²) in [5.41, 5.74) is 0.788. The minimum absolute atomic E-state index is 0.0395. The monoisotopic (exact) mass is 304 g/mol. The Bertz CT molecular complexity index is 852. The Labute approximate surface area is 124 Å². The van der Waals surface area contributed by atoms with Crippen LogP contribution < -0.4 is 10.4 Å². The normalized spacial score (nSPS) is 10.9. The van der Waals surface area contributed by atoms with Crippen molar-refractivity contribution in [3.8, 4) is 11.6 Å². The lowest BCUT2D eigenvalue weighted by molar-refractivity contribution is 0.291. The van der Waals surface area contributed by atoms with Crippen molar-refractivity contribution in [2.45, 2.75) is 13.5 Å². The number of hydrogen-bond acceptors (Lipinski definition) is 5. The fourth-order valence-electron chi connectivity index (χ4n) is 2.05. The van der Waals surface area contributed by atoms with E-state index < -0.39 is 11.5 Å². The molecule has 0 atom stereocenters. The zero-order valence-corrected chi connectivity index (χ0v) is 11.9. The molecule has 0 saturated heterocycles. The van der Waals surface area contributed by atoms with Crippen molar-refractivity contribution in [3.05, 3.63) is 51.8 Å². The maximum absolute atomic E-state index is 14.3. The van der Waals surface area contributed by atoms with E-state index in [4.69, 9.17) is 4.74 Å². The van der Waals surface area contributed by atoms with Gasteiger partial charge in [-0.05, 0) is 29.0 Å². The van der Waals surface area contributed by atoms with E-state index in [0.717, 1.165) is 14.9 Å². The molecular weight excluding hydrogens is 291 g/mol. The van der Waals surface area contributed by atoms with Crippen LogP contribution in [0.4, 0.5) is 4.39 Å². The molecule has 3 aromatic rings. The number of tetrazole rings is 1. The minimum Gasteiger partial charge on any atom is -0.473 e. The number of aromatic nitrogens is 6. The summed E-state index contributed by atoms with van der Waals surface area (Å²) in [7, 11) is 1.44. The summed E-state index contributed by atoms with van der Waals surface area (Å²) in [6.45, 7) is 1.86. The number of nitrogens with zero attached hydrogens (tertiary/aromatic N) is 5. The topological polar surface area (TPSA) is 90.6 Å². The molecule has 3 rings (SSSR count). The van der Waals surface area contributed by atoms with Crippen LogP contribution in [0.15, 0.2) is 29.2 Å². The van der Waals surface area contributed by atoms with Gasteiger partial charge in [0, 0.05) is 18.7 Å². The largest absolute Gasteiger partial charge is 0.473 e. The van der Waals surface area contributed by atoms with Gasteiger partial charge in [-0.2, -0.15) is 14.5 Å². The molecule has 114 valence electrons. The molecule has 2 aromatic heterocycles. The van der Waals surface area contributed by atoms with Gasteiger partial charge in [0.25, 0.3) is 0 Å². The van der Waals surface area contributed by atoms with Gasteiger partial charge in [-0.25, -0.2) is 14.3 Å². The van der Waals surface area contributed by atoms with Gasteiger partial charge in [-0.1, -0.05) is 6.07 Å². The molecule has 8 nitrogen and oxygen atoms in total. The molecule has 9 heteroatoms. The van der Waals surface area contributed by atoms with E-state index >= 15 is 0 Å². The number of aromatic amines is 1. The molecule has 0 unspecified atom stereocenters. The molecule has 0 saturated carbocycles. The molecule has 1 aromatic carbocycles. The first-order valence-electron chi connectivity index (χ1n) is 6.47. The summed E-state index contributed by atoms with van der Waals surface area (Å²) in [5.74, 6) is -0.127. The van der Waals surface area contributed by atoms with Crippen LogP contribution in [0.25, 0.3) is 5.69 Å². The third kappa shape index (κ3) is 2.36. The zero-order valence-electron chi connectivity index (χ0n) is 11.9. The summed E-state index contributed by atoms with van der Waals surface area (Å²) >= 11 is 0. The molecule has 0 aliphatic rings. The Morgan fingerprint density at radius 2 is 2.14 bits per heavy atom. The van der Waals surface area contributed by atoms with Crippen LogP contribution in [0.1, 0.15) is 11.1 Å². The molecule has 0 fully saturated rings. The number of ether oxygens (including phenoxy) is 1. The molecule has 0 aliphatic carbocycles. The van der Waals surface area contributed by atoms with Gasteiger partial charge in [0.1, 0.15) is 18.1 Å². The maximum Gasteiger partial charge on any atom is 0.368 e. The first-order valence-corrected chi connectivity index (χ1v) is 6.47. The van der Waals surface area contributed by atoms with E-state index in [-0.39, 0.29) is 12.3 Å². The second kappa shape index (κ2) is 5.43. The minimum atomic E-state index is -0.573. The highest BCUT2D eigenvalue weighted by molar-refractivity contribution is 5.45. The van der Waals surface area contributed by atoms with Crippen molar-refractivity contribution in [1.29, 1.82) is 0 Å². The third-order valence-corrected chi connectivity index (χ3v) is 3.25. The Morgan fingerprint density at radius 1 is 1.32 bits per heavy atom. The van der Waals surface area contributed by atoms with Gasteiger partial charge in [0.15, 0.2) is 0 Å². The Morgan fingerprint density at radius 3 is 2.77 bits per heavy atom. The Kier molecular flexibility index (Phi) is 3.45.